The molecule has 3 rings (SSSR count). The molecule has 1 N–H and O–H groups in total. The van der Waals surface area contributed by atoms with Crippen LogP contribution in [0.25, 0.3) is 0 Å². The van der Waals surface area contributed by atoms with E-state index < -0.39 is 0 Å². The van der Waals surface area contributed by atoms with Gasteiger partial charge in [-0.05, 0) is 24.5 Å². The van der Waals surface area contributed by atoms with E-state index in [4.69, 9.17) is 4.74 Å². The van der Waals surface area contributed by atoms with E-state index in [-0.39, 0.29) is 11.9 Å². The van der Waals surface area contributed by atoms with Crippen LogP contribution >= 0.6 is 11.8 Å². The molecule has 2 aliphatic rings. The van der Waals surface area contributed by atoms with Crippen LogP contribution in [0.4, 0.5) is 0 Å². The van der Waals surface area contributed by atoms with Gasteiger partial charge in [-0.15, -0.1) is 0 Å². The Kier molecular flexibility index (Phi) is 7.57. The maximum atomic E-state index is 12.9. The van der Waals surface area contributed by atoms with Crippen LogP contribution in [-0.4, -0.2) is 59.6 Å². The highest BCUT2D eigenvalue weighted by Crippen LogP contribution is 2.28. The van der Waals surface area contributed by atoms with Gasteiger partial charge in [0.15, 0.2) is 0 Å². The molecule has 1 saturated carbocycles. The lowest BCUT2D eigenvalue weighted by molar-refractivity contribution is -0.128. The number of carbonyl (C=O) groups is 1. The molecule has 1 aromatic rings. The van der Waals surface area contributed by atoms with Crippen LogP contribution in [0.5, 0.6) is 0 Å². The average Bonchev–Trinajstić information content (AvgIpc) is 2.68. The Balaban J connectivity index is 1.51. The molecule has 0 bridgehead atoms. The Morgan fingerprint density at radius 1 is 1.32 bits per heavy atom. The van der Waals surface area contributed by atoms with Crippen molar-refractivity contribution >= 4 is 17.7 Å². The molecule has 2 heterocycles. The van der Waals surface area contributed by atoms with Crippen molar-refractivity contribution in [2.45, 2.75) is 43.4 Å². The standard InChI is InChI=1S/C19H29N3O2S/c23-19(21-9-14-25-17-6-2-1-3-7-17)18(16-5-4-8-20-15-16)22-10-12-24-13-11-22/h4-5,8,15,17-18H,1-3,6-7,9-14H2,(H,21,23). The summed E-state index contributed by atoms with van der Waals surface area (Å²) in [5.74, 6) is 1.08. The summed E-state index contributed by atoms with van der Waals surface area (Å²) >= 11 is 2.02. The highest BCUT2D eigenvalue weighted by atomic mass is 32.2. The molecule has 5 nitrogen and oxygen atoms in total. The number of pyridine rings is 1. The lowest BCUT2D eigenvalue weighted by Gasteiger charge is -2.33. The number of hydrogen-bond donors (Lipinski definition) is 1. The molecule has 2 fully saturated rings. The predicted octanol–water partition coefficient (Wildman–Crippen LogP) is 2.64. The highest BCUT2D eigenvalue weighted by molar-refractivity contribution is 7.99. The van der Waals surface area contributed by atoms with Gasteiger partial charge in [-0.25, -0.2) is 0 Å². The minimum Gasteiger partial charge on any atom is -0.379 e. The van der Waals surface area contributed by atoms with Crippen molar-refractivity contribution in [1.82, 2.24) is 15.2 Å². The maximum Gasteiger partial charge on any atom is 0.242 e. The zero-order valence-corrected chi connectivity index (χ0v) is 15.7. The number of ether oxygens (including phenoxy) is 1. The van der Waals surface area contributed by atoms with E-state index in [0.717, 1.165) is 36.2 Å². The Bertz CT molecular complexity index is 517. The lowest BCUT2D eigenvalue weighted by atomic mass is 10.0. The number of thioether (sulfide) groups is 1. The molecule has 1 unspecified atom stereocenters. The number of rotatable bonds is 7. The molecule has 1 atom stereocenters. The quantitative estimate of drug-likeness (QED) is 0.755. The molecular weight excluding hydrogens is 334 g/mol. The average molecular weight is 364 g/mol. The second kappa shape index (κ2) is 10.1. The second-order valence-electron chi connectivity index (χ2n) is 6.76. The molecular formula is C19H29N3O2S. The lowest BCUT2D eigenvalue weighted by Crippen LogP contribution is -2.46. The zero-order valence-electron chi connectivity index (χ0n) is 14.9. The summed E-state index contributed by atoms with van der Waals surface area (Å²) < 4.78 is 5.44. The minimum atomic E-state index is -0.266. The third kappa shape index (κ3) is 5.69. The van der Waals surface area contributed by atoms with Crippen LogP contribution < -0.4 is 5.32 Å². The number of amides is 1. The van der Waals surface area contributed by atoms with Crippen LogP contribution in [0.2, 0.25) is 0 Å². The van der Waals surface area contributed by atoms with E-state index in [0.29, 0.717) is 13.2 Å². The molecule has 0 aromatic carbocycles. The van der Waals surface area contributed by atoms with Crippen molar-refractivity contribution < 1.29 is 9.53 Å². The van der Waals surface area contributed by atoms with E-state index in [1.165, 1.54) is 32.1 Å². The molecule has 0 radical (unpaired) electrons. The van der Waals surface area contributed by atoms with Crippen molar-refractivity contribution in [3.63, 3.8) is 0 Å². The predicted molar refractivity (Wildman–Crippen MR) is 102 cm³/mol. The van der Waals surface area contributed by atoms with E-state index in [1.54, 1.807) is 12.4 Å². The number of carbonyl (C=O) groups excluding carboxylic acids is 1. The fourth-order valence-corrected chi connectivity index (χ4v) is 4.85. The van der Waals surface area contributed by atoms with Gasteiger partial charge in [-0.2, -0.15) is 11.8 Å². The van der Waals surface area contributed by atoms with Crippen molar-refractivity contribution in [3.8, 4) is 0 Å². The monoisotopic (exact) mass is 363 g/mol. The van der Waals surface area contributed by atoms with Crippen LogP contribution in [-0.2, 0) is 9.53 Å². The van der Waals surface area contributed by atoms with Gasteiger partial charge in [0.1, 0.15) is 6.04 Å². The Morgan fingerprint density at radius 3 is 2.84 bits per heavy atom. The van der Waals surface area contributed by atoms with E-state index in [2.05, 4.69) is 15.2 Å². The smallest absolute Gasteiger partial charge is 0.242 e. The second-order valence-corrected chi connectivity index (χ2v) is 8.17. The summed E-state index contributed by atoms with van der Waals surface area (Å²) in [4.78, 5) is 19.3. The van der Waals surface area contributed by atoms with Crippen molar-refractivity contribution in [1.29, 1.82) is 0 Å². The summed E-state index contributed by atoms with van der Waals surface area (Å²) in [6.07, 6.45) is 10.3. The van der Waals surface area contributed by atoms with E-state index >= 15 is 0 Å². The fraction of sp³-hybridized carbons (Fsp3) is 0.684. The minimum absolute atomic E-state index is 0.0825. The van der Waals surface area contributed by atoms with Gasteiger partial charge < -0.3 is 10.1 Å². The van der Waals surface area contributed by atoms with Gasteiger partial charge in [-0.1, -0.05) is 25.3 Å². The van der Waals surface area contributed by atoms with Crippen LogP contribution in [0.15, 0.2) is 24.5 Å². The number of morpholine rings is 1. The topological polar surface area (TPSA) is 54.5 Å². The molecule has 0 spiro atoms. The first-order chi connectivity index (χ1) is 12.3. The van der Waals surface area contributed by atoms with Gasteiger partial charge in [0.05, 0.1) is 13.2 Å². The van der Waals surface area contributed by atoms with Crippen molar-refractivity contribution in [2.75, 3.05) is 38.6 Å². The Hall–Kier alpha value is -1.11. The SMILES string of the molecule is O=C(NCCSC1CCCCC1)C(c1cccnc1)N1CCOCC1. The number of nitrogens with one attached hydrogen (secondary N) is 1. The third-order valence-electron chi connectivity index (χ3n) is 4.97. The Labute approximate surface area is 154 Å². The first-order valence-corrected chi connectivity index (χ1v) is 10.5. The number of hydrogen-bond acceptors (Lipinski definition) is 5. The zero-order chi connectivity index (χ0) is 17.3. The molecule has 1 aromatic heterocycles. The van der Waals surface area contributed by atoms with E-state index in [1.807, 2.05) is 23.9 Å². The summed E-state index contributed by atoms with van der Waals surface area (Å²) in [6.45, 7) is 3.66. The summed E-state index contributed by atoms with van der Waals surface area (Å²) in [5, 5.41) is 3.94. The van der Waals surface area contributed by atoms with Gasteiger partial charge in [-0.3, -0.25) is 14.7 Å². The first kappa shape index (κ1) is 18.7. The Morgan fingerprint density at radius 2 is 2.12 bits per heavy atom. The molecule has 6 heteroatoms. The molecule has 25 heavy (non-hydrogen) atoms. The molecule has 1 aliphatic heterocycles. The molecule has 1 aliphatic carbocycles. The summed E-state index contributed by atoms with van der Waals surface area (Å²) in [6, 6.07) is 3.62. The summed E-state index contributed by atoms with van der Waals surface area (Å²) in [7, 11) is 0. The number of nitrogens with zero attached hydrogens (tertiary/aromatic N) is 2. The van der Waals surface area contributed by atoms with Crippen LogP contribution in [0.1, 0.15) is 43.7 Å². The fourth-order valence-electron chi connectivity index (χ4n) is 3.63. The van der Waals surface area contributed by atoms with Crippen molar-refractivity contribution in [3.05, 3.63) is 30.1 Å². The summed E-state index contributed by atoms with van der Waals surface area (Å²) in [5.41, 5.74) is 0.960. The molecule has 138 valence electrons. The maximum absolute atomic E-state index is 12.9. The van der Waals surface area contributed by atoms with Crippen molar-refractivity contribution in [2.24, 2.45) is 0 Å². The van der Waals surface area contributed by atoms with Gasteiger partial charge >= 0.3 is 0 Å². The number of aromatic nitrogens is 1. The largest absolute Gasteiger partial charge is 0.379 e. The van der Waals surface area contributed by atoms with E-state index in [9.17, 15) is 4.79 Å². The van der Waals surface area contributed by atoms with Crippen LogP contribution in [0, 0.1) is 0 Å². The molecule has 1 saturated heterocycles. The van der Waals surface area contributed by atoms with Gasteiger partial charge in [0, 0.05) is 43.0 Å². The van der Waals surface area contributed by atoms with Gasteiger partial charge in [0.2, 0.25) is 5.91 Å². The first-order valence-electron chi connectivity index (χ1n) is 9.45. The highest BCUT2D eigenvalue weighted by Gasteiger charge is 2.29. The normalized spacial score (nSPS) is 21.0. The van der Waals surface area contributed by atoms with Crippen LogP contribution in [0.3, 0.4) is 0 Å². The molecule has 1 amide bonds. The van der Waals surface area contributed by atoms with Gasteiger partial charge in [0.25, 0.3) is 0 Å². The third-order valence-corrected chi connectivity index (χ3v) is 6.35.